The molecule has 1 aliphatic rings. The molecule has 3 rings (SSSR count). The van der Waals surface area contributed by atoms with E-state index >= 15 is 0 Å². The number of aryl methyl sites for hydroxylation is 1. The fourth-order valence-corrected chi connectivity index (χ4v) is 4.07. The van der Waals surface area contributed by atoms with Crippen LogP contribution in [0.1, 0.15) is 67.2 Å². The van der Waals surface area contributed by atoms with E-state index < -0.39 is 24.0 Å². The number of benzene rings is 1. The molecular formula is C28H40N2O5S. The summed E-state index contributed by atoms with van der Waals surface area (Å²) in [5, 5.41) is 17.6. The van der Waals surface area contributed by atoms with Gasteiger partial charge in [0.15, 0.2) is 0 Å². The number of H-pyrrole nitrogens is 1. The van der Waals surface area contributed by atoms with Crippen molar-refractivity contribution in [3.05, 3.63) is 87.9 Å². The van der Waals surface area contributed by atoms with Crippen LogP contribution < -0.4 is 10.9 Å². The van der Waals surface area contributed by atoms with Gasteiger partial charge in [0.2, 0.25) is 0 Å². The monoisotopic (exact) mass is 516 g/mol. The maximum Gasteiger partial charge on any atom is 0.322 e. The van der Waals surface area contributed by atoms with Crippen LogP contribution in [0.25, 0.3) is 5.57 Å². The Morgan fingerprint density at radius 1 is 1.14 bits per heavy atom. The fourth-order valence-electron chi connectivity index (χ4n) is 3.10. The summed E-state index contributed by atoms with van der Waals surface area (Å²) in [7, 11) is 1.00. The molecule has 0 saturated carbocycles. The zero-order valence-electron chi connectivity index (χ0n) is 21.8. The van der Waals surface area contributed by atoms with E-state index in [4.69, 9.17) is 10.2 Å². The predicted octanol–water partition coefficient (Wildman–Crippen LogP) is 5.06. The molecule has 1 aliphatic heterocycles. The molecule has 0 fully saturated rings. The van der Waals surface area contributed by atoms with Gasteiger partial charge < -0.3 is 20.5 Å². The number of hydrogen-bond donors (Lipinski definition) is 4. The fraction of sp³-hybridized carbons (Fsp3) is 0.393. The summed E-state index contributed by atoms with van der Waals surface area (Å²) in [4.78, 5) is 36.4. The molecule has 198 valence electrons. The van der Waals surface area contributed by atoms with Crippen molar-refractivity contribution in [2.45, 2.75) is 52.2 Å². The quantitative estimate of drug-likeness (QED) is 0.382. The van der Waals surface area contributed by atoms with Crippen molar-refractivity contribution in [1.82, 2.24) is 10.3 Å². The van der Waals surface area contributed by atoms with Gasteiger partial charge in [0.1, 0.15) is 12.1 Å². The largest absolute Gasteiger partial charge is 0.480 e. The Morgan fingerprint density at radius 3 is 2.31 bits per heavy atom. The van der Waals surface area contributed by atoms with Crippen molar-refractivity contribution >= 4 is 29.2 Å². The number of aliphatic hydroxyl groups is 1. The number of aromatic amines is 1. The number of thioether (sulfide) groups is 1. The molecular weight excluding hydrogens is 476 g/mol. The van der Waals surface area contributed by atoms with E-state index in [0.717, 1.165) is 55.6 Å². The molecule has 1 amide bonds. The SMILES string of the molecule is C=CCC.CC/C=C(\CC)c1ccccc1.CO.O=C(O)CNC(=O)c1cc2c([nH]c1=O)CCSC2. The number of aliphatic hydroxyl groups excluding tert-OH is 1. The third-order valence-electron chi connectivity index (χ3n) is 4.88. The predicted molar refractivity (Wildman–Crippen MR) is 151 cm³/mol. The van der Waals surface area contributed by atoms with Crippen LogP contribution in [0.3, 0.4) is 0 Å². The minimum atomic E-state index is -1.15. The first kappa shape index (κ1) is 32.9. The van der Waals surface area contributed by atoms with Crippen LogP contribution in [0, 0.1) is 0 Å². The van der Waals surface area contributed by atoms with Gasteiger partial charge in [0, 0.05) is 18.6 Å². The number of fused-ring (bicyclic) bond motifs is 1. The normalized spacial score (nSPS) is 11.6. The van der Waals surface area contributed by atoms with Crippen molar-refractivity contribution in [3.63, 3.8) is 0 Å². The first-order valence-corrected chi connectivity index (χ1v) is 13.2. The Morgan fingerprint density at radius 2 is 1.78 bits per heavy atom. The number of pyridine rings is 1. The van der Waals surface area contributed by atoms with E-state index in [1.165, 1.54) is 11.1 Å². The molecule has 0 radical (unpaired) electrons. The Hall–Kier alpha value is -3.10. The molecule has 1 aromatic carbocycles. The van der Waals surface area contributed by atoms with Gasteiger partial charge in [-0.2, -0.15) is 11.8 Å². The van der Waals surface area contributed by atoms with Crippen LogP contribution in [0.5, 0.6) is 0 Å². The van der Waals surface area contributed by atoms with Gasteiger partial charge in [-0.25, -0.2) is 0 Å². The molecule has 0 aliphatic carbocycles. The Labute approximate surface area is 218 Å². The average molecular weight is 517 g/mol. The van der Waals surface area contributed by atoms with Gasteiger partial charge in [-0.05, 0) is 54.2 Å². The zero-order chi connectivity index (χ0) is 27.3. The minimum absolute atomic E-state index is 0.0301. The van der Waals surface area contributed by atoms with Crippen LogP contribution in [0.2, 0.25) is 0 Å². The third-order valence-corrected chi connectivity index (χ3v) is 5.89. The second kappa shape index (κ2) is 20.1. The van der Waals surface area contributed by atoms with Gasteiger partial charge in [-0.15, -0.1) is 6.58 Å². The molecule has 0 atom stereocenters. The highest BCUT2D eigenvalue weighted by Gasteiger charge is 2.17. The van der Waals surface area contributed by atoms with Crippen molar-refractivity contribution in [2.75, 3.05) is 19.4 Å². The van der Waals surface area contributed by atoms with E-state index in [0.29, 0.717) is 0 Å². The lowest BCUT2D eigenvalue weighted by molar-refractivity contribution is -0.135. The molecule has 0 saturated heterocycles. The minimum Gasteiger partial charge on any atom is -0.480 e. The van der Waals surface area contributed by atoms with E-state index in [1.54, 1.807) is 17.8 Å². The molecule has 2 heterocycles. The van der Waals surface area contributed by atoms with Crippen molar-refractivity contribution in [3.8, 4) is 0 Å². The van der Waals surface area contributed by atoms with Gasteiger partial charge in [-0.3, -0.25) is 14.4 Å². The maximum atomic E-state index is 11.7. The van der Waals surface area contributed by atoms with Gasteiger partial charge >= 0.3 is 5.97 Å². The Balaban J connectivity index is 0.000000588. The van der Waals surface area contributed by atoms with Crippen molar-refractivity contribution in [1.29, 1.82) is 0 Å². The number of nitrogens with one attached hydrogen (secondary N) is 2. The number of carbonyl (C=O) groups excluding carboxylic acids is 1. The van der Waals surface area contributed by atoms with E-state index in [-0.39, 0.29) is 5.56 Å². The molecule has 7 nitrogen and oxygen atoms in total. The molecule has 0 bridgehead atoms. The van der Waals surface area contributed by atoms with Gasteiger partial charge in [0.25, 0.3) is 11.5 Å². The number of amides is 1. The van der Waals surface area contributed by atoms with Crippen LogP contribution in [-0.2, 0) is 17.0 Å². The topological polar surface area (TPSA) is 119 Å². The Bertz CT molecular complexity index is 1020. The lowest BCUT2D eigenvalue weighted by Gasteiger charge is -2.15. The number of aromatic nitrogens is 1. The number of rotatable bonds is 7. The smallest absolute Gasteiger partial charge is 0.322 e. The number of aliphatic carboxylic acids is 1. The number of carboxylic acid groups (broad SMARTS) is 1. The van der Waals surface area contributed by atoms with Crippen LogP contribution in [-0.4, -0.2) is 46.5 Å². The summed E-state index contributed by atoms with van der Waals surface area (Å²) < 4.78 is 0. The summed E-state index contributed by atoms with van der Waals surface area (Å²) in [5.74, 6) is -0.0935. The van der Waals surface area contributed by atoms with Crippen LogP contribution in [0.4, 0.5) is 0 Å². The third kappa shape index (κ3) is 12.6. The van der Waals surface area contributed by atoms with Crippen molar-refractivity contribution in [2.24, 2.45) is 0 Å². The second-order valence-electron chi connectivity index (χ2n) is 7.45. The number of hydrogen-bond acceptors (Lipinski definition) is 5. The molecule has 4 N–H and O–H groups in total. The summed E-state index contributed by atoms with van der Waals surface area (Å²) in [6, 6.07) is 12.1. The Kier molecular flexibility index (Phi) is 18.4. The molecule has 36 heavy (non-hydrogen) atoms. The van der Waals surface area contributed by atoms with E-state index in [9.17, 15) is 14.4 Å². The van der Waals surface area contributed by atoms with Gasteiger partial charge in [-0.1, -0.05) is 63.3 Å². The molecule has 8 heteroatoms. The lowest BCUT2D eigenvalue weighted by Crippen LogP contribution is -2.34. The van der Waals surface area contributed by atoms with E-state index in [1.807, 2.05) is 6.08 Å². The lowest BCUT2D eigenvalue weighted by atomic mass is 10.0. The molecule has 0 unspecified atom stereocenters. The highest BCUT2D eigenvalue weighted by molar-refractivity contribution is 7.98. The summed E-state index contributed by atoms with van der Waals surface area (Å²) in [6.07, 6.45) is 8.29. The first-order chi connectivity index (χ1) is 17.4. The number of carbonyl (C=O) groups is 2. The number of carboxylic acids is 1. The second-order valence-corrected chi connectivity index (χ2v) is 8.55. The van der Waals surface area contributed by atoms with Gasteiger partial charge in [0.05, 0.1) is 0 Å². The summed E-state index contributed by atoms with van der Waals surface area (Å²) >= 11 is 1.73. The molecule has 0 spiro atoms. The maximum absolute atomic E-state index is 11.7. The first-order valence-electron chi connectivity index (χ1n) is 12.0. The summed E-state index contributed by atoms with van der Waals surface area (Å²) in [6.45, 7) is 9.43. The van der Waals surface area contributed by atoms with Crippen molar-refractivity contribution < 1.29 is 19.8 Å². The zero-order valence-corrected chi connectivity index (χ0v) is 22.6. The average Bonchev–Trinajstić information content (AvgIpc) is 2.92. The highest BCUT2D eigenvalue weighted by atomic mass is 32.2. The molecule has 1 aromatic heterocycles. The molecule has 2 aromatic rings. The standard InChI is InChI=1S/C12H16.C11H12N2O4S.C4H8.CH4O/c1-3-8-11(4-2)12-9-6-5-7-10-12;14-9(15)4-12-10(16)7-3-6-5-18-2-1-8(6)13-11(7)17;1-3-4-2;1-2/h5-10H,3-4H2,1-2H3;3H,1-2,4-5H2,(H,12,16)(H,13,17)(H,14,15);3H,1,4H2,2H3;2H,1H3/b11-8+;;;. The highest BCUT2D eigenvalue weighted by Crippen LogP contribution is 2.22. The van der Waals surface area contributed by atoms with Crippen LogP contribution >= 0.6 is 11.8 Å². The summed E-state index contributed by atoms with van der Waals surface area (Å²) in [5.41, 5.74) is 4.13. The van der Waals surface area contributed by atoms with Crippen LogP contribution in [0.15, 0.2) is 59.9 Å². The van der Waals surface area contributed by atoms with E-state index in [2.05, 4.69) is 74.1 Å². The number of allylic oxidation sites excluding steroid dienone is 3.